The molecule has 116 valence electrons. The second-order valence-electron chi connectivity index (χ2n) is 6.04. The fourth-order valence-corrected chi connectivity index (χ4v) is 2.22. The van der Waals surface area contributed by atoms with Crippen molar-refractivity contribution < 1.29 is 19.1 Å². The lowest BCUT2D eigenvalue weighted by Crippen LogP contribution is -2.41. The molecule has 1 aliphatic rings. The van der Waals surface area contributed by atoms with Crippen molar-refractivity contribution >= 4 is 12.1 Å². The lowest BCUT2D eigenvalue weighted by molar-refractivity contribution is 0.0193. The number of carbonyl (C=O) groups excluding carboxylic acids is 2. The van der Waals surface area contributed by atoms with Crippen LogP contribution < -0.4 is 0 Å². The number of hydrogen-bond acceptors (Lipinski definition) is 5. The van der Waals surface area contributed by atoms with Crippen LogP contribution in [0.1, 0.15) is 42.5 Å². The Morgan fingerprint density at radius 3 is 2.48 bits per heavy atom. The van der Waals surface area contributed by atoms with Gasteiger partial charge in [-0.3, -0.25) is 4.68 Å². The molecule has 7 nitrogen and oxygen atoms in total. The van der Waals surface area contributed by atoms with Crippen molar-refractivity contribution in [3.8, 4) is 0 Å². The first-order valence-electron chi connectivity index (χ1n) is 6.85. The van der Waals surface area contributed by atoms with Crippen LogP contribution in [0.2, 0.25) is 0 Å². The number of carbonyl (C=O) groups is 2. The molecule has 0 spiro atoms. The quantitative estimate of drug-likeness (QED) is 0.738. The Labute approximate surface area is 123 Å². The fourth-order valence-electron chi connectivity index (χ4n) is 2.22. The molecule has 0 N–H and O–H groups in total. The van der Waals surface area contributed by atoms with Crippen LogP contribution in [-0.4, -0.2) is 46.0 Å². The van der Waals surface area contributed by atoms with Gasteiger partial charge in [-0.1, -0.05) is 0 Å². The summed E-state index contributed by atoms with van der Waals surface area (Å²) in [5, 5.41) is 4.25. The van der Waals surface area contributed by atoms with Gasteiger partial charge in [0, 0.05) is 12.1 Å². The van der Waals surface area contributed by atoms with Gasteiger partial charge in [-0.05, 0) is 27.7 Å². The highest BCUT2D eigenvalue weighted by molar-refractivity contribution is 5.89. The maximum Gasteiger partial charge on any atom is 0.410 e. The number of nitrogens with zero attached hydrogens (tertiary/aromatic N) is 3. The van der Waals surface area contributed by atoms with E-state index in [2.05, 4.69) is 5.10 Å². The molecule has 0 unspecified atom stereocenters. The summed E-state index contributed by atoms with van der Waals surface area (Å²) in [5.74, 6) is -0.460. The van der Waals surface area contributed by atoms with Crippen LogP contribution in [0.25, 0.3) is 0 Å². The molecule has 1 amide bonds. The van der Waals surface area contributed by atoms with E-state index in [1.54, 1.807) is 9.58 Å². The Hall–Kier alpha value is -2.05. The monoisotopic (exact) mass is 295 g/mol. The zero-order valence-corrected chi connectivity index (χ0v) is 13.1. The summed E-state index contributed by atoms with van der Waals surface area (Å²) in [4.78, 5) is 25.4. The average molecular weight is 295 g/mol. The summed E-state index contributed by atoms with van der Waals surface area (Å²) in [6, 6.07) is 0. The number of methoxy groups -OCH3 is 1. The van der Waals surface area contributed by atoms with Gasteiger partial charge in [-0.25, -0.2) is 9.59 Å². The van der Waals surface area contributed by atoms with Crippen LogP contribution in [0.4, 0.5) is 4.79 Å². The SMILES string of the molecule is COC(=O)c1nn2c(c1C)CN(C(=O)OC(C)(C)C)CC2. The molecule has 2 heterocycles. The summed E-state index contributed by atoms with van der Waals surface area (Å²) in [5.41, 5.74) is 1.36. The molecular weight excluding hydrogens is 274 g/mol. The number of amides is 1. The van der Waals surface area contributed by atoms with Gasteiger partial charge >= 0.3 is 12.1 Å². The molecule has 21 heavy (non-hydrogen) atoms. The molecule has 0 fully saturated rings. The molecule has 0 aliphatic carbocycles. The van der Waals surface area contributed by atoms with E-state index in [9.17, 15) is 9.59 Å². The van der Waals surface area contributed by atoms with Crippen LogP contribution in [0.5, 0.6) is 0 Å². The smallest absolute Gasteiger partial charge is 0.410 e. The predicted octanol–water partition coefficient (Wildman–Crippen LogP) is 1.73. The first kappa shape index (κ1) is 15.3. The van der Waals surface area contributed by atoms with Crippen molar-refractivity contribution in [1.82, 2.24) is 14.7 Å². The van der Waals surface area contributed by atoms with E-state index in [0.717, 1.165) is 11.3 Å². The summed E-state index contributed by atoms with van der Waals surface area (Å²) >= 11 is 0. The second-order valence-corrected chi connectivity index (χ2v) is 6.04. The maximum atomic E-state index is 12.1. The van der Waals surface area contributed by atoms with Crippen LogP contribution in [0, 0.1) is 6.92 Å². The van der Waals surface area contributed by atoms with Crippen LogP contribution >= 0.6 is 0 Å². The van der Waals surface area contributed by atoms with Crippen molar-refractivity contribution in [1.29, 1.82) is 0 Å². The summed E-state index contributed by atoms with van der Waals surface area (Å²) in [6.45, 7) is 8.73. The summed E-state index contributed by atoms with van der Waals surface area (Å²) in [6.07, 6.45) is -0.353. The first-order chi connectivity index (χ1) is 9.73. The van der Waals surface area contributed by atoms with Gasteiger partial charge in [-0.15, -0.1) is 0 Å². The van der Waals surface area contributed by atoms with Gasteiger partial charge < -0.3 is 14.4 Å². The molecule has 0 saturated carbocycles. The first-order valence-corrected chi connectivity index (χ1v) is 6.85. The lowest BCUT2D eigenvalue weighted by Gasteiger charge is -2.30. The van der Waals surface area contributed by atoms with Crippen molar-refractivity contribution in [3.63, 3.8) is 0 Å². The minimum atomic E-state index is -0.527. The molecule has 0 aromatic carbocycles. The Morgan fingerprint density at radius 2 is 1.90 bits per heavy atom. The largest absolute Gasteiger partial charge is 0.464 e. The van der Waals surface area contributed by atoms with Gasteiger partial charge in [-0.2, -0.15) is 5.10 Å². The van der Waals surface area contributed by atoms with E-state index in [0.29, 0.717) is 25.3 Å². The van der Waals surface area contributed by atoms with Gasteiger partial charge in [0.05, 0.1) is 25.9 Å². The highest BCUT2D eigenvalue weighted by Crippen LogP contribution is 2.21. The predicted molar refractivity (Wildman–Crippen MR) is 74.9 cm³/mol. The molecule has 7 heteroatoms. The Bertz CT molecular complexity index is 572. The standard InChI is InChI=1S/C14H21N3O4/c1-9-10-8-16(13(19)21-14(2,3)4)6-7-17(10)15-11(9)12(18)20-5/h6-8H2,1-5H3. The fraction of sp³-hybridized carbons (Fsp3) is 0.643. The molecule has 2 rings (SSSR count). The number of aromatic nitrogens is 2. The number of hydrogen-bond donors (Lipinski definition) is 0. The topological polar surface area (TPSA) is 73.7 Å². The van der Waals surface area contributed by atoms with Crippen molar-refractivity contribution in [2.75, 3.05) is 13.7 Å². The molecule has 0 bridgehead atoms. The van der Waals surface area contributed by atoms with Gasteiger partial charge in [0.2, 0.25) is 0 Å². The summed E-state index contributed by atoms with van der Waals surface area (Å²) < 4.78 is 11.8. The van der Waals surface area contributed by atoms with Crippen molar-refractivity contribution in [2.24, 2.45) is 0 Å². The Balaban J connectivity index is 2.19. The molecular formula is C14H21N3O4. The van der Waals surface area contributed by atoms with Crippen molar-refractivity contribution in [3.05, 3.63) is 17.0 Å². The van der Waals surface area contributed by atoms with E-state index >= 15 is 0 Å². The van der Waals surface area contributed by atoms with E-state index < -0.39 is 11.6 Å². The number of fused-ring (bicyclic) bond motifs is 1. The number of rotatable bonds is 1. The number of ether oxygens (including phenoxy) is 2. The highest BCUT2D eigenvalue weighted by Gasteiger charge is 2.29. The Kier molecular flexibility index (Phi) is 3.93. The van der Waals surface area contributed by atoms with E-state index in [1.807, 2.05) is 27.7 Å². The second kappa shape index (κ2) is 5.38. The van der Waals surface area contributed by atoms with Crippen molar-refractivity contribution in [2.45, 2.75) is 46.4 Å². The van der Waals surface area contributed by atoms with E-state index in [-0.39, 0.29) is 6.09 Å². The third-order valence-corrected chi connectivity index (χ3v) is 3.27. The lowest BCUT2D eigenvalue weighted by atomic mass is 10.1. The molecule has 0 atom stereocenters. The van der Waals surface area contributed by atoms with Gasteiger partial charge in [0.25, 0.3) is 0 Å². The van der Waals surface area contributed by atoms with Gasteiger partial charge in [0.1, 0.15) is 5.60 Å². The third-order valence-electron chi connectivity index (χ3n) is 3.27. The van der Waals surface area contributed by atoms with E-state index in [1.165, 1.54) is 7.11 Å². The minimum Gasteiger partial charge on any atom is -0.464 e. The molecule has 0 radical (unpaired) electrons. The summed E-state index contributed by atoms with van der Waals surface area (Å²) in [7, 11) is 1.33. The molecule has 0 saturated heterocycles. The third kappa shape index (κ3) is 3.17. The highest BCUT2D eigenvalue weighted by atomic mass is 16.6. The molecule has 1 aliphatic heterocycles. The number of esters is 1. The van der Waals surface area contributed by atoms with Crippen LogP contribution in [0.3, 0.4) is 0 Å². The van der Waals surface area contributed by atoms with E-state index in [4.69, 9.17) is 9.47 Å². The molecule has 1 aromatic heterocycles. The van der Waals surface area contributed by atoms with Crippen LogP contribution in [-0.2, 0) is 22.6 Å². The zero-order chi connectivity index (χ0) is 15.8. The average Bonchev–Trinajstić information content (AvgIpc) is 2.73. The van der Waals surface area contributed by atoms with Crippen LogP contribution in [0.15, 0.2) is 0 Å². The Morgan fingerprint density at radius 1 is 1.24 bits per heavy atom. The molecule has 1 aromatic rings. The zero-order valence-electron chi connectivity index (χ0n) is 13.1. The maximum absolute atomic E-state index is 12.1. The minimum absolute atomic E-state index is 0.304. The van der Waals surface area contributed by atoms with Gasteiger partial charge in [0.15, 0.2) is 5.69 Å². The normalized spacial score (nSPS) is 14.6.